The quantitative estimate of drug-likeness (QED) is 0.462. The number of ether oxygens (including phenoxy) is 1. The van der Waals surface area contributed by atoms with E-state index >= 15 is 0 Å². The zero-order valence-corrected chi connectivity index (χ0v) is 19.4. The molecular formula is C25H32N2O2S. The Balaban J connectivity index is 1.77. The molecule has 2 aromatic heterocycles. The van der Waals surface area contributed by atoms with Crippen LogP contribution in [0.15, 0.2) is 47.5 Å². The number of benzene rings is 1. The lowest BCUT2D eigenvalue weighted by Crippen LogP contribution is -2.24. The molecule has 1 fully saturated rings. The molecule has 5 heteroatoms. The molecule has 0 radical (unpaired) electrons. The Morgan fingerprint density at radius 2 is 1.90 bits per heavy atom. The second-order valence-corrected chi connectivity index (χ2v) is 11.7. The van der Waals surface area contributed by atoms with Crippen LogP contribution >= 0.6 is 11.8 Å². The van der Waals surface area contributed by atoms with E-state index in [-0.39, 0.29) is 4.75 Å². The van der Waals surface area contributed by atoms with Gasteiger partial charge in [-0.2, -0.15) is 0 Å². The van der Waals surface area contributed by atoms with Crippen molar-refractivity contribution in [1.82, 2.24) is 9.55 Å². The normalized spacial score (nSPS) is 15.0. The Kier molecular flexibility index (Phi) is 5.62. The van der Waals surface area contributed by atoms with Gasteiger partial charge in [-0.25, -0.2) is 0 Å². The first-order valence-electron chi connectivity index (χ1n) is 10.7. The van der Waals surface area contributed by atoms with Crippen LogP contribution in [0.5, 0.6) is 5.75 Å². The number of pyridine rings is 1. The van der Waals surface area contributed by atoms with Crippen LogP contribution in [-0.2, 0) is 13.0 Å². The van der Waals surface area contributed by atoms with Crippen molar-refractivity contribution in [3.05, 3.63) is 54.0 Å². The highest BCUT2D eigenvalue weighted by atomic mass is 32.2. The summed E-state index contributed by atoms with van der Waals surface area (Å²) in [4.78, 5) is 5.62. The molecular weight excluding hydrogens is 392 g/mol. The standard InChI is InChI=1S/C25H32N2O2S/c1-24(2,3)30-23-20-14-19(29-16-17-8-6-7-13-26-17)11-12-21(20)27(18-9-10-18)22(23)15-25(4,5)28/h6-8,11-14,18,28H,9-10,15-16H2,1-5H3. The lowest BCUT2D eigenvalue weighted by atomic mass is 10.0. The average molecular weight is 425 g/mol. The van der Waals surface area contributed by atoms with Gasteiger partial charge in [-0.3, -0.25) is 4.98 Å². The molecule has 4 rings (SSSR count). The summed E-state index contributed by atoms with van der Waals surface area (Å²) in [5.74, 6) is 0.853. The van der Waals surface area contributed by atoms with Crippen molar-refractivity contribution in [1.29, 1.82) is 0 Å². The van der Waals surface area contributed by atoms with Gasteiger partial charge in [0.1, 0.15) is 12.4 Å². The molecule has 1 aliphatic carbocycles. The maximum atomic E-state index is 10.7. The third kappa shape index (κ3) is 5.01. The minimum atomic E-state index is -0.757. The summed E-state index contributed by atoms with van der Waals surface area (Å²) in [7, 11) is 0. The Morgan fingerprint density at radius 1 is 1.13 bits per heavy atom. The molecule has 30 heavy (non-hydrogen) atoms. The van der Waals surface area contributed by atoms with Gasteiger partial charge in [0.05, 0.1) is 11.3 Å². The van der Waals surface area contributed by atoms with Crippen molar-refractivity contribution in [2.75, 3.05) is 0 Å². The van der Waals surface area contributed by atoms with Gasteiger partial charge in [-0.1, -0.05) is 26.8 Å². The van der Waals surface area contributed by atoms with E-state index in [4.69, 9.17) is 4.74 Å². The number of hydrogen-bond donors (Lipinski definition) is 1. The number of hydrogen-bond acceptors (Lipinski definition) is 4. The second-order valence-electron chi connectivity index (χ2n) is 9.87. The molecule has 0 bridgehead atoms. The molecule has 0 saturated heterocycles. The van der Waals surface area contributed by atoms with Gasteiger partial charge < -0.3 is 14.4 Å². The molecule has 1 N–H and O–H groups in total. The van der Waals surface area contributed by atoms with E-state index in [1.165, 1.54) is 34.3 Å². The molecule has 3 aromatic rings. The number of aromatic nitrogens is 2. The van der Waals surface area contributed by atoms with Crippen LogP contribution < -0.4 is 4.74 Å². The van der Waals surface area contributed by atoms with Gasteiger partial charge in [0, 0.05) is 44.9 Å². The highest BCUT2D eigenvalue weighted by molar-refractivity contribution is 8.00. The predicted octanol–water partition coefficient (Wildman–Crippen LogP) is 6.15. The summed E-state index contributed by atoms with van der Waals surface area (Å²) in [5, 5.41) is 11.9. The lowest BCUT2D eigenvalue weighted by molar-refractivity contribution is 0.0784. The summed E-state index contributed by atoms with van der Waals surface area (Å²) >= 11 is 1.89. The van der Waals surface area contributed by atoms with Crippen LogP contribution in [-0.4, -0.2) is 25.0 Å². The van der Waals surface area contributed by atoms with Crippen LogP contribution in [0.3, 0.4) is 0 Å². The van der Waals surface area contributed by atoms with Gasteiger partial charge in [0.25, 0.3) is 0 Å². The van der Waals surface area contributed by atoms with E-state index < -0.39 is 5.60 Å². The maximum absolute atomic E-state index is 10.7. The summed E-state index contributed by atoms with van der Waals surface area (Å²) in [5.41, 5.74) is 2.66. The third-order valence-corrected chi connectivity index (χ3v) is 6.33. The van der Waals surface area contributed by atoms with Gasteiger partial charge in [0.15, 0.2) is 0 Å². The minimum Gasteiger partial charge on any atom is -0.487 e. The molecule has 0 spiro atoms. The van der Waals surface area contributed by atoms with Crippen molar-refractivity contribution in [2.24, 2.45) is 0 Å². The monoisotopic (exact) mass is 424 g/mol. The maximum Gasteiger partial charge on any atom is 0.130 e. The van der Waals surface area contributed by atoms with Gasteiger partial charge >= 0.3 is 0 Å². The number of thioether (sulfide) groups is 1. The molecule has 1 saturated carbocycles. The summed E-state index contributed by atoms with van der Waals surface area (Å²) in [6.45, 7) is 11.0. The molecule has 0 aliphatic heterocycles. The Morgan fingerprint density at radius 3 is 2.50 bits per heavy atom. The number of nitrogens with zero attached hydrogens (tertiary/aromatic N) is 2. The summed E-state index contributed by atoms with van der Waals surface area (Å²) in [6.07, 6.45) is 4.85. The van der Waals surface area contributed by atoms with E-state index in [1.807, 2.05) is 43.8 Å². The van der Waals surface area contributed by atoms with E-state index in [2.05, 4.69) is 48.5 Å². The number of aliphatic hydroxyl groups is 1. The second kappa shape index (κ2) is 7.93. The van der Waals surface area contributed by atoms with Crippen molar-refractivity contribution in [3.8, 4) is 5.75 Å². The summed E-state index contributed by atoms with van der Waals surface area (Å²) in [6, 6.07) is 12.8. The van der Waals surface area contributed by atoms with Crippen LogP contribution in [0.2, 0.25) is 0 Å². The number of fused-ring (bicyclic) bond motifs is 1. The fraction of sp³-hybridized carbons (Fsp3) is 0.480. The van der Waals surface area contributed by atoms with Crippen molar-refractivity contribution < 1.29 is 9.84 Å². The third-order valence-electron chi connectivity index (χ3n) is 5.06. The minimum absolute atomic E-state index is 0.0713. The Labute approximate surface area is 183 Å². The average Bonchev–Trinajstić information content (AvgIpc) is 3.45. The molecule has 1 aliphatic rings. The first-order valence-corrected chi connectivity index (χ1v) is 11.5. The fourth-order valence-corrected chi connectivity index (χ4v) is 4.97. The first-order chi connectivity index (χ1) is 14.1. The topological polar surface area (TPSA) is 47.3 Å². The van der Waals surface area contributed by atoms with Gasteiger partial charge in [-0.15, -0.1) is 11.8 Å². The van der Waals surface area contributed by atoms with Crippen molar-refractivity contribution in [2.45, 2.75) is 81.8 Å². The zero-order chi connectivity index (χ0) is 21.5. The van der Waals surface area contributed by atoms with Crippen LogP contribution in [0.4, 0.5) is 0 Å². The Hall–Kier alpha value is -1.98. The van der Waals surface area contributed by atoms with Gasteiger partial charge in [0.2, 0.25) is 0 Å². The molecule has 2 heterocycles. The van der Waals surface area contributed by atoms with E-state index in [0.29, 0.717) is 19.1 Å². The highest BCUT2D eigenvalue weighted by Gasteiger charge is 2.33. The number of rotatable bonds is 7. The Bertz CT molecular complexity index is 1030. The smallest absolute Gasteiger partial charge is 0.130 e. The predicted molar refractivity (Wildman–Crippen MR) is 124 cm³/mol. The lowest BCUT2D eigenvalue weighted by Gasteiger charge is -2.23. The van der Waals surface area contributed by atoms with Crippen molar-refractivity contribution >= 4 is 22.7 Å². The van der Waals surface area contributed by atoms with E-state index in [9.17, 15) is 5.11 Å². The largest absolute Gasteiger partial charge is 0.487 e. The molecule has 4 nitrogen and oxygen atoms in total. The fourth-order valence-electron chi connectivity index (χ4n) is 3.79. The van der Waals surface area contributed by atoms with Crippen LogP contribution in [0, 0.1) is 0 Å². The molecule has 0 unspecified atom stereocenters. The van der Waals surface area contributed by atoms with Crippen molar-refractivity contribution in [3.63, 3.8) is 0 Å². The zero-order valence-electron chi connectivity index (χ0n) is 18.6. The highest BCUT2D eigenvalue weighted by Crippen LogP contribution is 2.48. The SMILES string of the molecule is CC(C)(O)Cc1c(SC(C)(C)C)c2cc(OCc3ccccn3)ccc2n1C1CC1. The summed E-state index contributed by atoms with van der Waals surface area (Å²) < 4.78 is 8.63. The first kappa shape index (κ1) is 21.3. The van der Waals surface area contributed by atoms with Gasteiger partial charge in [-0.05, 0) is 57.0 Å². The molecule has 160 valence electrons. The van der Waals surface area contributed by atoms with E-state index in [0.717, 1.165) is 11.4 Å². The molecule has 0 atom stereocenters. The van der Waals surface area contributed by atoms with Crippen LogP contribution in [0.25, 0.3) is 10.9 Å². The molecule has 1 aromatic carbocycles. The molecule has 0 amide bonds. The van der Waals surface area contributed by atoms with E-state index in [1.54, 1.807) is 6.20 Å². The van der Waals surface area contributed by atoms with Crippen LogP contribution in [0.1, 0.15) is 64.9 Å².